The number of carbonyl (C=O) groups excluding carboxylic acids is 2. The number of amides is 2. The number of nitrogens with one attached hydrogen (secondary N) is 2. The fourth-order valence-corrected chi connectivity index (χ4v) is 3.34. The Morgan fingerprint density at radius 1 is 1.35 bits per heavy atom. The van der Waals surface area contributed by atoms with E-state index in [2.05, 4.69) is 15.5 Å². The van der Waals surface area contributed by atoms with Crippen molar-refractivity contribution >= 4 is 35.1 Å². The average Bonchev–Trinajstić information content (AvgIpc) is 3.05. The molecule has 2 amide bonds. The predicted molar refractivity (Wildman–Crippen MR) is 103 cm³/mol. The van der Waals surface area contributed by atoms with Crippen LogP contribution in [0.1, 0.15) is 36.7 Å². The molecule has 8 heteroatoms. The largest absolute Gasteiger partial charge is 0.350 e. The van der Waals surface area contributed by atoms with Crippen molar-refractivity contribution < 1.29 is 9.59 Å². The maximum atomic E-state index is 12.3. The number of hydrogen-bond donors (Lipinski definition) is 3. The van der Waals surface area contributed by atoms with Crippen molar-refractivity contribution in [2.24, 2.45) is 11.7 Å². The van der Waals surface area contributed by atoms with Crippen LogP contribution in [0.25, 0.3) is 10.9 Å². The smallest absolute Gasteiger partial charge is 0.272 e. The van der Waals surface area contributed by atoms with Gasteiger partial charge in [0.15, 0.2) is 5.69 Å². The summed E-state index contributed by atoms with van der Waals surface area (Å²) in [7, 11) is 0. The summed E-state index contributed by atoms with van der Waals surface area (Å²) in [6.07, 6.45) is 2.21. The normalized spacial score (nSPS) is 16.2. The fraction of sp³-hybridized carbons (Fsp3) is 0.500. The maximum Gasteiger partial charge on any atom is 0.272 e. The molecule has 0 spiro atoms. The van der Waals surface area contributed by atoms with Crippen molar-refractivity contribution in [2.75, 3.05) is 19.6 Å². The van der Waals surface area contributed by atoms with E-state index in [1.165, 1.54) is 0 Å². The van der Waals surface area contributed by atoms with Gasteiger partial charge in [-0.3, -0.25) is 14.7 Å². The summed E-state index contributed by atoms with van der Waals surface area (Å²) < 4.78 is 0. The molecule has 4 N–H and O–H groups in total. The van der Waals surface area contributed by atoms with Crippen molar-refractivity contribution in [2.45, 2.75) is 32.2 Å². The number of halogens is 1. The number of aromatic amines is 1. The number of H-pyrrole nitrogens is 1. The molecule has 1 unspecified atom stereocenters. The zero-order chi connectivity index (χ0) is 17.8. The van der Waals surface area contributed by atoms with E-state index in [0.29, 0.717) is 24.6 Å². The van der Waals surface area contributed by atoms with E-state index in [-0.39, 0.29) is 30.3 Å². The third kappa shape index (κ3) is 4.53. The molecule has 1 aromatic carbocycles. The number of para-hydroxylation sites is 1. The summed E-state index contributed by atoms with van der Waals surface area (Å²) in [6, 6.07) is 7.65. The van der Waals surface area contributed by atoms with Crippen LogP contribution in [0.15, 0.2) is 24.3 Å². The van der Waals surface area contributed by atoms with Crippen LogP contribution < -0.4 is 11.1 Å². The van der Waals surface area contributed by atoms with Crippen LogP contribution in [-0.4, -0.2) is 52.6 Å². The second kappa shape index (κ2) is 9.00. The minimum Gasteiger partial charge on any atom is -0.350 e. The summed E-state index contributed by atoms with van der Waals surface area (Å²) in [5.41, 5.74) is 7.11. The van der Waals surface area contributed by atoms with Gasteiger partial charge in [0.1, 0.15) is 0 Å². The van der Waals surface area contributed by atoms with Gasteiger partial charge in [0.05, 0.1) is 5.52 Å². The lowest BCUT2D eigenvalue weighted by atomic mass is 9.91. The van der Waals surface area contributed by atoms with Gasteiger partial charge >= 0.3 is 0 Å². The molecule has 3 rings (SSSR count). The molecule has 0 saturated carbocycles. The zero-order valence-electron chi connectivity index (χ0n) is 14.9. The van der Waals surface area contributed by atoms with Crippen molar-refractivity contribution in [1.82, 2.24) is 20.4 Å². The molecule has 26 heavy (non-hydrogen) atoms. The van der Waals surface area contributed by atoms with Gasteiger partial charge < -0.3 is 16.0 Å². The van der Waals surface area contributed by atoms with Gasteiger partial charge in [0.2, 0.25) is 5.91 Å². The molecular formula is C18H26ClN5O2. The summed E-state index contributed by atoms with van der Waals surface area (Å²) in [5.74, 6) is 0.313. The fourth-order valence-electron chi connectivity index (χ4n) is 3.34. The summed E-state index contributed by atoms with van der Waals surface area (Å²) in [4.78, 5) is 26.4. The van der Waals surface area contributed by atoms with Gasteiger partial charge in [-0.1, -0.05) is 18.2 Å². The van der Waals surface area contributed by atoms with Crippen LogP contribution in [-0.2, 0) is 4.79 Å². The van der Waals surface area contributed by atoms with Crippen LogP contribution >= 0.6 is 12.4 Å². The number of carbonyl (C=O) groups is 2. The number of nitrogens with zero attached hydrogens (tertiary/aromatic N) is 2. The van der Waals surface area contributed by atoms with E-state index in [0.717, 1.165) is 36.8 Å². The van der Waals surface area contributed by atoms with Gasteiger partial charge in [-0.15, -0.1) is 12.4 Å². The molecule has 1 aliphatic heterocycles. The second-order valence-electron chi connectivity index (χ2n) is 6.70. The van der Waals surface area contributed by atoms with E-state index in [1.807, 2.05) is 36.1 Å². The van der Waals surface area contributed by atoms with Gasteiger partial charge in [-0.25, -0.2) is 0 Å². The first-order valence-electron chi connectivity index (χ1n) is 8.81. The molecule has 142 valence electrons. The minimum atomic E-state index is -0.263. The number of piperidine rings is 1. The van der Waals surface area contributed by atoms with Crippen LogP contribution in [0.2, 0.25) is 0 Å². The summed E-state index contributed by atoms with van der Waals surface area (Å²) >= 11 is 0. The molecule has 2 heterocycles. The number of likely N-dealkylation sites (tertiary alicyclic amines) is 1. The SMILES string of the molecule is CC(N)C1CCN(C(=O)CCNC(=O)c2n[nH]c3ccccc23)CC1.Cl. The van der Waals surface area contributed by atoms with Crippen LogP contribution in [0.4, 0.5) is 0 Å². The standard InChI is InChI=1S/C18H25N5O2.ClH/c1-12(19)13-7-10-23(11-8-13)16(24)6-9-20-18(25)17-14-4-2-3-5-15(14)21-22-17;/h2-5,12-13H,6-11,19H2,1H3,(H,20,25)(H,21,22);1H. The predicted octanol–water partition coefficient (Wildman–Crippen LogP) is 1.69. The number of aromatic nitrogens is 2. The maximum absolute atomic E-state index is 12.3. The molecule has 0 radical (unpaired) electrons. The minimum absolute atomic E-state index is 0. The number of benzene rings is 1. The molecule has 1 aromatic heterocycles. The lowest BCUT2D eigenvalue weighted by Gasteiger charge is -2.33. The van der Waals surface area contributed by atoms with E-state index in [9.17, 15) is 9.59 Å². The molecule has 1 aliphatic rings. The highest BCUT2D eigenvalue weighted by atomic mass is 35.5. The topological polar surface area (TPSA) is 104 Å². The highest BCUT2D eigenvalue weighted by molar-refractivity contribution is 6.04. The van der Waals surface area contributed by atoms with E-state index in [1.54, 1.807) is 0 Å². The molecule has 1 saturated heterocycles. The molecule has 0 aliphatic carbocycles. The molecule has 7 nitrogen and oxygen atoms in total. The Labute approximate surface area is 159 Å². The highest BCUT2D eigenvalue weighted by Gasteiger charge is 2.24. The van der Waals surface area contributed by atoms with Gasteiger partial charge in [0.25, 0.3) is 5.91 Å². The van der Waals surface area contributed by atoms with Crippen molar-refractivity contribution in [3.05, 3.63) is 30.0 Å². The number of nitrogens with two attached hydrogens (primary N) is 1. The zero-order valence-corrected chi connectivity index (χ0v) is 15.7. The van der Waals surface area contributed by atoms with Gasteiger partial charge in [0, 0.05) is 37.5 Å². The third-order valence-corrected chi connectivity index (χ3v) is 4.95. The molecular weight excluding hydrogens is 354 g/mol. The summed E-state index contributed by atoms with van der Waals surface area (Å²) in [6.45, 7) is 3.84. The van der Waals surface area contributed by atoms with E-state index >= 15 is 0 Å². The monoisotopic (exact) mass is 379 g/mol. The Balaban J connectivity index is 0.00000243. The van der Waals surface area contributed by atoms with Gasteiger partial charge in [-0.2, -0.15) is 5.10 Å². The lowest BCUT2D eigenvalue weighted by Crippen LogP contribution is -2.43. The van der Waals surface area contributed by atoms with Crippen molar-refractivity contribution in [1.29, 1.82) is 0 Å². The van der Waals surface area contributed by atoms with Crippen molar-refractivity contribution in [3.63, 3.8) is 0 Å². The average molecular weight is 380 g/mol. The Hall–Kier alpha value is -2.12. The summed E-state index contributed by atoms with van der Waals surface area (Å²) in [5, 5.41) is 10.5. The third-order valence-electron chi connectivity index (χ3n) is 4.95. The van der Waals surface area contributed by atoms with E-state index in [4.69, 9.17) is 5.73 Å². The Kier molecular flexibility index (Phi) is 6.99. The molecule has 1 atom stereocenters. The number of rotatable bonds is 5. The molecule has 0 bridgehead atoms. The van der Waals surface area contributed by atoms with Crippen LogP contribution in [0.3, 0.4) is 0 Å². The quantitative estimate of drug-likeness (QED) is 0.735. The number of hydrogen-bond acceptors (Lipinski definition) is 4. The van der Waals surface area contributed by atoms with Crippen LogP contribution in [0.5, 0.6) is 0 Å². The van der Waals surface area contributed by atoms with E-state index < -0.39 is 0 Å². The van der Waals surface area contributed by atoms with Crippen LogP contribution in [0, 0.1) is 5.92 Å². The Bertz CT molecular complexity index is 753. The highest BCUT2D eigenvalue weighted by Crippen LogP contribution is 2.20. The first-order valence-corrected chi connectivity index (χ1v) is 8.81. The lowest BCUT2D eigenvalue weighted by molar-refractivity contribution is -0.132. The molecule has 2 aromatic rings. The Morgan fingerprint density at radius 3 is 2.73 bits per heavy atom. The molecule has 1 fully saturated rings. The first-order chi connectivity index (χ1) is 12.1. The second-order valence-corrected chi connectivity index (χ2v) is 6.70. The first kappa shape index (κ1) is 20.2. The van der Waals surface area contributed by atoms with Gasteiger partial charge in [-0.05, 0) is 31.7 Å². The Morgan fingerprint density at radius 2 is 2.04 bits per heavy atom. The number of fused-ring (bicyclic) bond motifs is 1. The van der Waals surface area contributed by atoms with Crippen molar-refractivity contribution in [3.8, 4) is 0 Å².